The topological polar surface area (TPSA) is 50.8 Å². The molecular weight excluding hydrogens is 436 g/mol. The number of nitrogens with zero attached hydrogens (tertiary/aromatic N) is 1. The fourth-order valence-corrected chi connectivity index (χ4v) is 4.26. The van der Waals surface area contributed by atoms with Crippen molar-refractivity contribution in [1.29, 1.82) is 0 Å². The number of hydrogen-bond donors (Lipinski definition) is 1. The van der Waals surface area contributed by atoms with Crippen molar-refractivity contribution < 1.29 is 14.3 Å². The molecule has 0 saturated carbocycles. The third-order valence-electron chi connectivity index (χ3n) is 6.07. The zero-order chi connectivity index (χ0) is 23.9. The highest BCUT2D eigenvalue weighted by molar-refractivity contribution is 6.01. The van der Waals surface area contributed by atoms with Gasteiger partial charge in [-0.25, -0.2) is 0 Å². The van der Waals surface area contributed by atoms with E-state index in [-0.39, 0.29) is 12.1 Å². The first-order chi connectivity index (χ1) is 17.3. The molecule has 1 amide bonds. The maximum Gasteiger partial charge on any atom is 0.257 e. The second-order valence-electron chi connectivity index (χ2n) is 8.41. The summed E-state index contributed by atoms with van der Waals surface area (Å²) >= 11 is 0. The number of benzene rings is 4. The molecule has 5 nitrogen and oxygen atoms in total. The predicted molar refractivity (Wildman–Crippen MR) is 138 cm³/mol. The molecule has 4 aromatic carbocycles. The molecule has 1 unspecified atom stereocenters. The molecule has 0 aliphatic carbocycles. The van der Waals surface area contributed by atoms with E-state index in [1.165, 1.54) is 5.56 Å². The van der Waals surface area contributed by atoms with Crippen LogP contribution in [0.25, 0.3) is 0 Å². The lowest BCUT2D eigenvalue weighted by Crippen LogP contribution is -2.43. The van der Waals surface area contributed by atoms with E-state index < -0.39 is 0 Å². The van der Waals surface area contributed by atoms with Crippen LogP contribution < -0.4 is 14.8 Å². The van der Waals surface area contributed by atoms with E-state index in [0.717, 1.165) is 29.2 Å². The van der Waals surface area contributed by atoms with Crippen molar-refractivity contribution in [1.82, 2.24) is 4.90 Å². The molecule has 5 rings (SSSR count). The van der Waals surface area contributed by atoms with Gasteiger partial charge in [-0.3, -0.25) is 4.79 Å². The largest absolute Gasteiger partial charge is 0.490 e. The van der Waals surface area contributed by atoms with Gasteiger partial charge in [0.15, 0.2) is 0 Å². The van der Waals surface area contributed by atoms with Crippen molar-refractivity contribution in [3.05, 3.63) is 126 Å². The normalized spacial score (nSPS) is 14.7. The van der Waals surface area contributed by atoms with Crippen LogP contribution in [0.3, 0.4) is 0 Å². The molecule has 0 spiro atoms. The minimum Gasteiger partial charge on any atom is -0.490 e. The van der Waals surface area contributed by atoms with Crippen molar-refractivity contribution in [2.24, 2.45) is 0 Å². The number of carbonyl (C=O) groups is 1. The summed E-state index contributed by atoms with van der Waals surface area (Å²) in [4.78, 5) is 15.3. The quantitative estimate of drug-likeness (QED) is 0.311. The summed E-state index contributed by atoms with van der Waals surface area (Å²) in [6.07, 6.45) is 0.534. The Kier molecular flexibility index (Phi) is 6.94. The van der Waals surface area contributed by atoms with Gasteiger partial charge in [-0.15, -0.1) is 0 Å². The van der Waals surface area contributed by atoms with E-state index >= 15 is 0 Å². The van der Waals surface area contributed by atoms with Gasteiger partial charge < -0.3 is 19.7 Å². The summed E-state index contributed by atoms with van der Waals surface area (Å²) < 4.78 is 11.5. The van der Waals surface area contributed by atoms with Gasteiger partial charge in [-0.05, 0) is 53.9 Å². The number of rotatable bonds is 9. The Morgan fingerprint density at radius 2 is 1.29 bits per heavy atom. The Balaban J connectivity index is 1.27. The first-order valence-electron chi connectivity index (χ1n) is 11.9. The van der Waals surface area contributed by atoms with Crippen LogP contribution in [-0.2, 0) is 6.42 Å². The lowest BCUT2D eigenvalue weighted by molar-refractivity contribution is 0.0685. The van der Waals surface area contributed by atoms with Crippen LogP contribution >= 0.6 is 0 Å². The fraction of sp³-hybridized carbons (Fsp3) is 0.167. The fourth-order valence-electron chi connectivity index (χ4n) is 4.26. The molecule has 0 aromatic heterocycles. The van der Waals surface area contributed by atoms with Crippen LogP contribution in [0.5, 0.6) is 11.5 Å². The van der Waals surface area contributed by atoms with Crippen molar-refractivity contribution in [2.75, 3.05) is 25.1 Å². The Hall–Kier alpha value is -4.25. The van der Waals surface area contributed by atoms with Crippen LogP contribution in [0.4, 0.5) is 5.69 Å². The van der Waals surface area contributed by atoms with E-state index in [1.54, 1.807) is 0 Å². The number of amides is 1. The molecule has 0 saturated heterocycles. The smallest absolute Gasteiger partial charge is 0.257 e. The Bertz CT molecular complexity index is 1240. The van der Waals surface area contributed by atoms with Gasteiger partial charge in [0.25, 0.3) is 5.91 Å². The lowest BCUT2D eigenvalue weighted by Gasteiger charge is -2.38. The second kappa shape index (κ2) is 10.8. The molecule has 0 fully saturated rings. The van der Waals surface area contributed by atoms with Crippen molar-refractivity contribution >= 4 is 11.6 Å². The maximum atomic E-state index is 13.4. The van der Waals surface area contributed by atoms with Crippen LogP contribution in [0, 0.1) is 0 Å². The van der Waals surface area contributed by atoms with Crippen molar-refractivity contribution in [3.8, 4) is 11.5 Å². The molecule has 176 valence electrons. The highest BCUT2D eigenvalue weighted by Gasteiger charge is 2.32. The molecule has 1 aliphatic heterocycles. The predicted octanol–water partition coefficient (Wildman–Crippen LogP) is 5.95. The van der Waals surface area contributed by atoms with Gasteiger partial charge >= 0.3 is 0 Å². The number of carbonyl (C=O) groups excluding carboxylic acids is 1. The SMILES string of the molecule is O=C1c2ccccc2NC(c2ccc(OCCOc3ccccc3)cc2)N1CCc1ccccc1. The van der Waals surface area contributed by atoms with Crippen LogP contribution in [0.2, 0.25) is 0 Å². The Morgan fingerprint density at radius 1 is 0.686 bits per heavy atom. The highest BCUT2D eigenvalue weighted by Crippen LogP contribution is 2.33. The number of anilines is 1. The van der Waals surface area contributed by atoms with Gasteiger partial charge in [-0.2, -0.15) is 0 Å². The van der Waals surface area contributed by atoms with Crippen molar-refractivity contribution in [2.45, 2.75) is 12.6 Å². The molecule has 5 heteroatoms. The molecule has 1 heterocycles. The standard InChI is InChI=1S/C30H28N2O3/c33-30-27-13-7-8-14-28(27)31-29(32(30)20-19-23-9-3-1-4-10-23)24-15-17-26(18-16-24)35-22-21-34-25-11-5-2-6-12-25/h1-18,29,31H,19-22H2. The van der Waals surface area contributed by atoms with E-state index in [1.807, 2.05) is 102 Å². The molecular formula is C30H28N2O3. The van der Waals surface area contributed by atoms with Crippen molar-refractivity contribution in [3.63, 3.8) is 0 Å². The summed E-state index contributed by atoms with van der Waals surface area (Å²) in [5, 5.41) is 3.56. The third-order valence-corrected chi connectivity index (χ3v) is 6.07. The number of nitrogens with one attached hydrogen (secondary N) is 1. The molecule has 4 aromatic rings. The van der Waals surface area contributed by atoms with E-state index in [9.17, 15) is 4.79 Å². The van der Waals surface area contributed by atoms with Crippen LogP contribution in [0.1, 0.15) is 27.7 Å². The van der Waals surface area contributed by atoms with Gasteiger partial charge in [0.05, 0.1) is 5.56 Å². The number of fused-ring (bicyclic) bond motifs is 1. The van der Waals surface area contributed by atoms with Gasteiger partial charge in [0.2, 0.25) is 0 Å². The summed E-state index contributed by atoms with van der Waals surface area (Å²) in [6.45, 7) is 1.53. The van der Waals surface area contributed by atoms with E-state index in [4.69, 9.17) is 9.47 Å². The Labute approximate surface area is 205 Å². The summed E-state index contributed by atoms with van der Waals surface area (Å²) in [7, 11) is 0. The highest BCUT2D eigenvalue weighted by atomic mass is 16.5. The van der Waals surface area contributed by atoms with E-state index in [0.29, 0.717) is 25.3 Å². The van der Waals surface area contributed by atoms with Crippen LogP contribution in [-0.4, -0.2) is 30.6 Å². The van der Waals surface area contributed by atoms with Gasteiger partial charge in [-0.1, -0.05) is 72.8 Å². The first kappa shape index (κ1) is 22.5. The average Bonchev–Trinajstić information content (AvgIpc) is 2.92. The molecule has 1 N–H and O–H groups in total. The second-order valence-corrected chi connectivity index (χ2v) is 8.41. The molecule has 1 atom stereocenters. The molecule has 0 bridgehead atoms. The molecule has 0 radical (unpaired) electrons. The van der Waals surface area contributed by atoms with Crippen LogP contribution in [0.15, 0.2) is 109 Å². The summed E-state index contributed by atoms with van der Waals surface area (Å²) in [5.74, 6) is 1.64. The average molecular weight is 465 g/mol. The van der Waals surface area contributed by atoms with Gasteiger partial charge in [0, 0.05) is 12.2 Å². The zero-order valence-electron chi connectivity index (χ0n) is 19.5. The maximum absolute atomic E-state index is 13.4. The first-order valence-corrected chi connectivity index (χ1v) is 11.9. The lowest BCUT2D eigenvalue weighted by atomic mass is 10.0. The monoisotopic (exact) mass is 464 g/mol. The number of ether oxygens (including phenoxy) is 2. The number of hydrogen-bond acceptors (Lipinski definition) is 4. The number of para-hydroxylation sites is 2. The van der Waals surface area contributed by atoms with Gasteiger partial charge in [0.1, 0.15) is 30.9 Å². The summed E-state index contributed by atoms with van der Waals surface area (Å²) in [6, 6.07) is 35.6. The minimum atomic E-state index is -0.253. The molecule has 35 heavy (non-hydrogen) atoms. The Morgan fingerprint density at radius 3 is 2.00 bits per heavy atom. The summed E-state index contributed by atoms with van der Waals surface area (Å²) in [5.41, 5.74) is 3.78. The van der Waals surface area contributed by atoms with E-state index in [2.05, 4.69) is 17.4 Å². The zero-order valence-corrected chi connectivity index (χ0v) is 19.5. The third kappa shape index (κ3) is 5.46. The molecule has 1 aliphatic rings. The minimum absolute atomic E-state index is 0.0404.